The van der Waals surface area contributed by atoms with Crippen LogP contribution in [0.5, 0.6) is 0 Å². The predicted molar refractivity (Wildman–Crippen MR) is 66.1 cm³/mol. The normalized spacial score (nSPS) is 19.5. The summed E-state index contributed by atoms with van der Waals surface area (Å²) in [5, 5.41) is 3.69. The van der Waals surface area contributed by atoms with Gasteiger partial charge < -0.3 is 4.84 Å². The van der Waals surface area contributed by atoms with Crippen molar-refractivity contribution in [3.63, 3.8) is 0 Å². The molecule has 98 valence electrons. The van der Waals surface area contributed by atoms with E-state index in [1.54, 1.807) is 6.07 Å². The van der Waals surface area contributed by atoms with Crippen LogP contribution in [0.2, 0.25) is 0 Å². The van der Waals surface area contributed by atoms with Gasteiger partial charge in [0, 0.05) is 5.56 Å². The minimum absolute atomic E-state index is 0.147. The zero-order valence-corrected chi connectivity index (χ0v) is 11.7. The van der Waals surface area contributed by atoms with E-state index in [2.05, 4.69) is 25.3 Å². The van der Waals surface area contributed by atoms with Crippen molar-refractivity contribution in [1.29, 1.82) is 0 Å². The highest BCUT2D eigenvalue weighted by Crippen LogP contribution is 2.22. The molecule has 0 N–H and O–H groups in total. The number of nitrogens with zero attached hydrogens (tertiary/aromatic N) is 1. The summed E-state index contributed by atoms with van der Waals surface area (Å²) in [7, 11) is -3.61. The smallest absolute Gasteiger partial charge is 0.267 e. The van der Waals surface area contributed by atoms with Crippen LogP contribution in [-0.2, 0) is 19.1 Å². The number of hydrogen-bond acceptors (Lipinski definition) is 5. The Hall–Kier alpha value is -0.990. The van der Waals surface area contributed by atoms with Crippen LogP contribution in [0.3, 0.4) is 0 Å². The summed E-state index contributed by atoms with van der Waals surface area (Å²) in [5.41, 5.74) is 0.963. The van der Waals surface area contributed by atoms with E-state index in [1.165, 1.54) is 12.1 Å². The molecule has 5 nitrogen and oxygen atoms in total. The molecule has 0 aromatic heterocycles. The first-order valence-electron chi connectivity index (χ1n) is 4.91. The summed E-state index contributed by atoms with van der Waals surface area (Å²) in [6, 6.07) is 4.48. The molecule has 2 rings (SSSR count). The van der Waals surface area contributed by atoms with Crippen LogP contribution in [0.15, 0.2) is 27.8 Å². The van der Waals surface area contributed by atoms with Gasteiger partial charge >= 0.3 is 0 Å². The lowest BCUT2D eigenvalue weighted by Crippen LogP contribution is -2.17. The molecule has 1 aromatic rings. The van der Waals surface area contributed by atoms with Crippen LogP contribution in [0.25, 0.3) is 0 Å². The van der Waals surface area contributed by atoms with E-state index in [1.807, 2.05) is 0 Å². The van der Waals surface area contributed by atoms with Gasteiger partial charge in [0.25, 0.3) is 10.1 Å². The molecule has 0 radical (unpaired) electrons. The summed E-state index contributed by atoms with van der Waals surface area (Å²) >= 11 is 3.04. The molecule has 0 fully saturated rings. The Balaban J connectivity index is 2.11. The second kappa shape index (κ2) is 4.94. The van der Waals surface area contributed by atoms with Crippen LogP contribution < -0.4 is 0 Å². The number of benzene rings is 1. The maximum Gasteiger partial charge on any atom is 0.267 e. The summed E-state index contributed by atoms with van der Waals surface area (Å²) in [4.78, 5) is 4.82. The largest absolute Gasteiger partial charge is 0.362 e. The van der Waals surface area contributed by atoms with Crippen molar-refractivity contribution in [2.24, 2.45) is 5.16 Å². The fourth-order valence-electron chi connectivity index (χ4n) is 1.45. The van der Waals surface area contributed by atoms with Crippen LogP contribution in [0.4, 0.5) is 4.39 Å². The first kappa shape index (κ1) is 13.4. The lowest BCUT2D eigenvalue weighted by atomic mass is 10.1. The van der Waals surface area contributed by atoms with Gasteiger partial charge in [-0.2, -0.15) is 8.42 Å². The summed E-state index contributed by atoms with van der Waals surface area (Å²) in [5.74, 6) is -0.428. The van der Waals surface area contributed by atoms with Gasteiger partial charge in [0.2, 0.25) is 6.29 Å². The lowest BCUT2D eigenvalue weighted by molar-refractivity contribution is -0.0522. The van der Waals surface area contributed by atoms with E-state index in [0.29, 0.717) is 15.7 Å². The molecule has 0 saturated carbocycles. The Morgan fingerprint density at radius 1 is 1.56 bits per heavy atom. The van der Waals surface area contributed by atoms with Gasteiger partial charge in [0.1, 0.15) is 5.82 Å². The number of halogens is 2. The summed E-state index contributed by atoms with van der Waals surface area (Å²) < 4.78 is 40.1. The summed E-state index contributed by atoms with van der Waals surface area (Å²) in [6.45, 7) is 0. The molecule has 0 bridgehead atoms. The molecule has 0 spiro atoms. The van der Waals surface area contributed by atoms with E-state index < -0.39 is 22.2 Å². The molecule has 0 amide bonds. The van der Waals surface area contributed by atoms with Gasteiger partial charge in [-0.1, -0.05) is 11.2 Å². The van der Waals surface area contributed by atoms with Crippen molar-refractivity contribution in [2.45, 2.75) is 12.7 Å². The van der Waals surface area contributed by atoms with Gasteiger partial charge in [-0.25, -0.2) is 8.57 Å². The maximum absolute atomic E-state index is 13.3. The fraction of sp³-hybridized carbons (Fsp3) is 0.300. The SMILES string of the molecule is CS(=O)(=O)OC1CC(c2ccc(Br)c(F)c2)=NO1. The second-order valence-corrected chi connectivity index (χ2v) is 6.16. The monoisotopic (exact) mass is 337 g/mol. The standard InChI is InChI=1S/C10H9BrFNO4S/c1-18(14,15)17-10-5-9(13-16-10)6-2-3-7(11)8(12)4-6/h2-4,10H,5H2,1H3. The van der Waals surface area contributed by atoms with Crippen molar-refractivity contribution in [2.75, 3.05) is 6.26 Å². The molecule has 1 aliphatic heterocycles. The van der Waals surface area contributed by atoms with E-state index in [0.717, 1.165) is 6.26 Å². The maximum atomic E-state index is 13.3. The van der Waals surface area contributed by atoms with Gasteiger partial charge in [-0.05, 0) is 28.1 Å². The number of hydrogen-bond donors (Lipinski definition) is 0. The second-order valence-electron chi connectivity index (χ2n) is 3.71. The van der Waals surface area contributed by atoms with Crippen LogP contribution in [0, 0.1) is 5.82 Å². The number of oxime groups is 1. The lowest BCUT2D eigenvalue weighted by Gasteiger charge is -2.06. The first-order valence-corrected chi connectivity index (χ1v) is 7.52. The minimum atomic E-state index is -3.61. The topological polar surface area (TPSA) is 65.0 Å². The average molecular weight is 338 g/mol. The van der Waals surface area contributed by atoms with Crippen molar-refractivity contribution in [3.05, 3.63) is 34.1 Å². The van der Waals surface area contributed by atoms with Crippen molar-refractivity contribution < 1.29 is 21.8 Å². The Morgan fingerprint density at radius 3 is 2.89 bits per heavy atom. The third-order valence-electron chi connectivity index (χ3n) is 2.18. The Bertz CT molecular complexity index is 602. The molecular formula is C10H9BrFNO4S. The quantitative estimate of drug-likeness (QED) is 0.791. The van der Waals surface area contributed by atoms with Crippen molar-refractivity contribution >= 4 is 31.8 Å². The zero-order chi connectivity index (χ0) is 13.3. The average Bonchev–Trinajstić information content (AvgIpc) is 2.68. The molecule has 0 aliphatic carbocycles. The van der Waals surface area contributed by atoms with Crippen LogP contribution >= 0.6 is 15.9 Å². The third kappa shape index (κ3) is 3.27. The van der Waals surface area contributed by atoms with E-state index in [4.69, 9.17) is 4.84 Å². The zero-order valence-electron chi connectivity index (χ0n) is 9.26. The van der Waals surface area contributed by atoms with Gasteiger partial charge in [0.05, 0.1) is 22.9 Å². The molecule has 0 saturated heterocycles. The molecule has 1 aromatic carbocycles. The van der Waals surface area contributed by atoms with E-state index >= 15 is 0 Å². The fourth-order valence-corrected chi connectivity index (χ4v) is 2.19. The Labute approximate surface area is 112 Å². The minimum Gasteiger partial charge on any atom is -0.362 e. The highest BCUT2D eigenvalue weighted by atomic mass is 79.9. The van der Waals surface area contributed by atoms with Gasteiger partial charge in [0.15, 0.2) is 0 Å². The molecule has 1 unspecified atom stereocenters. The third-order valence-corrected chi connectivity index (χ3v) is 3.38. The molecular weight excluding hydrogens is 329 g/mol. The van der Waals surface area contributed by atoms with E-state index in [9.17, 15) is 12.8 Å². The van der Waals surface area contributed by atoms with Gasteiger partial charge in [-0.15, -0.1) is 0 Å². The first-order chi connectivity index (χ1) is 8.35. The Morgan fingerprint density at radius 2 is 2.28 bits per heavy atom. The Kier molecular flexibility index (Phi) is 3.69. The summed E-state index contributed by atoms with van der Waals surface area (Å²) in [6.07, 6.45) is 0.0867. The molecule has 18 heavy (non-hydrogen) atoms. The van der Waals surface area contributed by atoms with Crippen LogP contribution in [-0.4, -0.2) is 26.7 Å². The van der Waals surface area contributed by atoms with Crippen molar-refractivity contribution in [3.8, 4) is 0 Å². The predicted octanol–water partition coefficient (Wildman–Crippen LogP) is 2.01. The van der Waals surface area contributed by atoms with Crippen LogP contribution in [0.1, 0.15) is 12.0 Å². The van der Waals surface area contributed by atoms with Gasteiger partial charge in [-0.3, -0.25) is 0 Å². The number of rotatable bonds is 3. The molecule has 1 aliphatic rings. The highest BCUT2D eigenvalue weighted by molar-refractivity contribution is 9.10. The molecule has 1 atom stereocenters. The molecule has 1 heterocycles. The highest BCUT2D eigenvalue weighted by Gasteiger charge is 2.26. The van der Waals surface area contributed by atoms with E-state index in [-0.39, 0.29) is 6.42 Å². The van der Waals surface area contributed by atoms with Crippen molar-refractivity contribution in [1.82, 2.24) is 0 Å². The molecule has 8 heteroatoms.